The molecule has 0 saturated carbocycles. The molecule has 0 aliphatic rings. The highest BCUT2D eigenvalue weighted by Crippen LogP contribution is 2.26. The summed E-state index contributed by atoms with van der Waals surface area (Å²) < 4.78 is 0. The minimum absolute atomic E-state index is 0.324. The van der Waals surface area contributed by atoms with Crippen LogP contribution in [0.25, 0.3) is 0 Å². The summed E-state index contributed by atoms with van der Waals surface area (Å²) in [5, 5.41) is 6.90. The molecule has 0 radical (unpaired) electrons. The van der Waals surface area contributed by atoms with Crippen LogP contribution in [0.4, 0.5) is 0 Å². The summed E-state index contributed by atoms with van der Waals surface area (Å²) in [4.78, 5) is 4.56. The zero-order valence-corrected chi connectivity index (χ0v) is 11.9. The Labute approximate surface area is 103 Å². The van der Waals surface area contributed by atoms with Gasteiger partial charge in [-0.3, -0.25) is 0 Å². The number of thiazole rings is 1. The van der Waals surface area contributed by atoms with E-state index in [0.29, 0.717) is 11.5 Å². The highest BCUT2D eigenvalue weighted by atomic mass is 32.1. The smallest absolute Gasteiger partial charge is 0.0897 e. The predicted octanol–water partition coefficient (Wildman–Crippen LogP) is 3.41. The maximum absolute atomic E-state index is 4.56. The first-order valence-corrected chi connectivity index (χ1v) is 6.97. The van der Waals surface area contributed by atoms with Crippen molar-refractivity contribution in [2.24, 2.45) is 5.41 Å². The minimum atomic E-state index is 0.324. The lowest BCUT2D eigenvalue weighted by atomic mass is 9.82. The number of aryl methyl sites for hydroxylation is 1. The molecular formula is C13H24N2S. The van der Waals surface area contributed by atoms with Gasteiger partial charge in [-0.1, -0.05) is 27.7 Å². The maximum Gasteiger partial charge on any atom is 0.0897 e. The molecule has 0 bridgehead atoms. The Hall–Kier alpha value is -0.410. The van der Waals surface area contributed by atoms with Gasteiger partial charge < -0.3 is 5.32 Å². The lowest BCUT2D eigenvalue weighted by molar-refractivity contribution is 0.279. The van der Waals surface area contributed by atoms with Gasteiger partial charge in [0.15, 0.2) is 0 Å². The zero-order valence-electron chi connectivity index (χ0n) is 11.1. The van der Waals surface area contributed by atoms with Crippen molar-refractivity contribution >= 4 is 11.3 Å². The highest BCUT2D eigenvalue weighted by molar-refractivity contribution is 7.09. The maximum atomic E-state index is 4.56. The molecule has 0 fully saturated rings. The Morgan fingerprint density at radius 3 is 2.62 bits per heavy atom. The van der Waals surface area contributed by atoms with Gasteiger partial charge >= 0.3 is 0 Å². The van der Waals surface area contributed by atoms with Gasteiger partial charge in [-0.25, -0.2) is 4.98 Å². The Kier molecular flexibility index (Phi) is 4.93. The normalized spacial score (nSPS) is 15.4. The molecule has 92 valence electrons. The molecule has 1 rings (SSSR count). The molecule has 0 amide bonds. The summed E-state index contributed by atoms with van der Waals surface area (Å²) in [6, 6.07) is 0.558. The van der Waals surface area contributed by atoms with Crippen LogP contribution in [0.5, 0.6) is 0 Å². The first kappa shape index (κ1) is 13.7. The molecule has 1 aromatic heterocycles. The van der Waals surface area contributed by atoms with Crippen LogP contribution in [0.2, 0.25) is 0 Å². The molecule has 0 aliphatic heterocycles. The number of nitrogens with zero attached hydrogens (tertiary/aromatic N) is 1. The van der Waals surface area contributed by atoms with Crippen LogP contribution in [-0.2, 0) is 6.42 Å². The van der Waals surface area contributed by atoms with E-state index in [0.717, 1.165) is 13.0 Å². The number of rotatable bonds is 6. The molecule has 16 heavy (non-hydrogen) atoms. The first-order chi connectivity index (χ1) is 7.45. The van der Waals surface area contributed by atoms with E-state index in [1.54, 1.807) is 11.3 Å². The SMILES string of the molecule is CCC(C)(CNC(C)C)Cc1csc(C)n1. The third-order valence-corrected chi connectivity index (χ3v) is 3.89. The van der Waals surface area contributed by atoms with E-state index in [1.807, 2.05) is 0 Å². The molecule has 2 nitrogen and oxygen atoms in total. The Bertz CT molecular complexity index is 319. The molecule has 1 N–H and O–H groups in total. The van der Waals surface area contributed by atoms with Crippen molar-refractivity contribution in [3.05, 3.63) is 16.1 Å². The average molecular weight is 240 g/mol. The number of aromatic nitrogens is 1. The van der Waals surface area contributed by atoms with E-state index in [1.165, 1.54) is 17.1 Å². The van der Waals surface area contributed by atoms with Crippen LogP contribution in [0.1, 0.15) is 44.8 Å². The molecular weight excluding hydrogens is 216 g/mol. The predicted molar refractivity (Wildman–Crippen MR) is 72.1 cm³/mol. The minimum Gasteiger partial charge on any atom is -0.314 e. The summed E-state index contributed by atoms with van der Waals surface area (Å²) >= 11 is 1.75. The summed E-state index contributed by atoms with van der Waals surface area (Å²) in [6.45, 7) is 12.1. The van der Waals surface area contributed by atoms with Gasteiger partial charge in [-0.15, -0.1) is 11.3 Å². The second-order valence-corrected chi connectivity index (χ2v) is 6.30. The molecule has 0 spiro atoms. The van der Waals surface area contributed by atoms with Gasteiger partial charge in [0, 0.05) is 18.0 Å². The van der Waals surface area contributed by atoms with E-state index in [2.05, 4.69) is 50.3 Å². The van der Waals surface area contributed by atoms with Crippen molar-refractivity contribution in [2.75, 3.05) is 6.54 Å². The fourth-order valence-electron chi connectivity index (χ4n) is 1.69. The quantitative estimate of drug-likeness (QED) is 0.824. The van der Waals surface area contributed by atoms with Crippen LogP contribution < -0.4 is 5.32 Å². The first-order valence-electron chi connectivity index (χ1n) is 6.09. The summed E-state index contributed by atoms with van der Waals surface area (Å²) in [5.41, 5.74) is 1.57. The summed E-state index contributed by atoms with van der Waals surface area (Å²) in [5.74, 6) is 0. The van der Waals surface area contributed by atoms with E-state index in [9.17, 15) is 0 Å². The topological polar surface area (TPSA) is 24.9 Å². The van der Waals surface area contributed by atoms with Crippen molar-refractivity contribution in [1.29, 1.82) is 0 Å². The summed E-state index contributed by atoms with van der Waals surface area (Å²) in [7, 11) is 0. The molecule has 1 aromatic rings. The molecule has 1 heterocycles. The lowest BCUT2D eigenvalue weighted by Crippen LogP contribution is -2.36. The van der Waals surface area contributed by atoms with Crippen molar-refractivity contribution in [1.82, 2.24) is 10.3 Å². The zero-order chi connectivity index (χ0) is 12.2. The van der Waals surface area contributed by atoms with E-state index in [-0.39, 0.29) is 0 Å². The van der Waals surface area contributed by atoms with Gasteiger partial charge in [-0.2, -0.15) is 0 Å². The summed E-state index contributed by atoms with van der Waals surface area (Å²) in [6.07, 6.45) is 2.26. The lowest BCUT2D eigenvalue weighted by Gasteiger charge is -2.29. The molecule has 3 heteroatoms. The van der Waals surface area contributed by atoms with Gasteiger partial charge in [0.2, 0.25) is 0 Å². The Morgan fingerprint density at radius 2 is 2.19 bits per heavy atom. The number of hydrogen-bond acceptors (Lipinski definition) is 3. The van der Waals surface area contributed by atoms with Gasteiger partial charge in [0.05, 0.1) is 10.7 Å². The van der Waals surface area contributed by atoms with E-state index < -0.39 is 0 Å². The monoisotopic (exact) mass is 240 g/mol. The van der Waals surface area contributed by atoms with Gasteiger partial charge in [0.25, 0.3) is 0 Å². The average Bonchev–Trinajstić information content (AvgIpc) is 2.61. The third kappa shape index (κ3) is 4.22. The largest absolute Gasteiger partial charge is 0.314 e. The second kappa shape index (κ2) is 5.78. The van der Waals surface area contributed by atoms with Crippen molar-refractivity contribution < 1.29 is 0 Å². The van der Waals surface area contributed by atoms with Gasteiger partial charge in [0.1, 0.15) is 0 Å². The molecule has 1 unspecified atom stereocenters. The fraction of sp³-hybridized carbons (Fsp3) is 0.769. The van der Waals surface area contributed by atoms with Crippen molar-refractivity contribution in [3.8, 4) is 0 Å². The third-order valence-electron chi connectivity index (χ3n) is 3.07. The van der Waals surface area contributed by atoms with Crippen LogP contribution >= 0.6 is 11.3 Å². The number of nitrogens with one attached hydrogen (secondary N) is 1. The molecule has 0 saturated heterocycles. The van der Waals surface area contributed by atoms with Crippen LogP contribution in [-0.4, -0.2) is 17.6 Å². The van der Waals surface area contributed by atoms with E-state index >= 15 is 0 Å². The molecule has 0 aliphatic carbocycles. The molecule has 0 aromatic carbocycles. The highest BCUT2D eigenvalue weighted by Gasteiger charge is 2.23. The van der Waals surface area contributed by atoms with E-state index in [4.69, 9.17) is 0 Å². The second-order valence-electron chi connectivity index (χ2n) is 5.23. The van der Waals surface area contributed by atoms with Crippen LogP contribution in [0.15, 0.2) is 5.38 Å². The van der Waals surface area contributed by atoms with Crippen LogP contribution in [0.3, 0.4) is 0 Å². The molecule has 1 atom stereocenters. The van der Waals surface area contributed by atoms with Gasteiger partial charge in [-0.05, 0) is 25.2 Å². The Morgan fingerprint density at radius 1 is 1.50 bits per heavy atom. The van der Waals surface area contributed by atoms with Crippen molar-refractivity contribution in [2.45, 2.75) is 53.5 Å². The van der Waals surface area contributed by atoms with Crippen molar-refractivity contribution in [3.63, 3.8) is 0 Å². The Balaban J connectivity index is 2.58. The fourth-order valence-corrected chi connectivity index (χ4v) is 2.30. The standard InChI is InChI=1S/C13H24N2S/c1-6-13(5,9-14-10(2)3)7-12-8-16-11(4)15-12/h8,10,14H,6-7,9H2,1-5H3. The van der Waals surface area contributed by atoms with Crippen LogP contribution in [0, 0.1) is 12.3 Å². The number of hydrogen-bond donors (Lipinski definition) is 1.